The maximum Gasteiger partial charge on any atom is 0.223 e. The number of nitrogens with one attached hydrogen (secondary N) is 1. The van der Waals surface area contributed by atoms with Crippen LogP contribution in [0.4, 0.5) is 0 Å². The Labute approximate surface area is 67.2 Å². The quantitative estimate of drug-likeness (QED) is 0.656. The molecular weight excluding hydrogens is 142 g/mol. The van der Waals surface area contributed by atoms with Crippen molar-refractivity contribution in [2.75, 3.05) is 0 Å². The van der Waals surface area contributed by atoms with E-state index < -0.39 is 0 Å². The standard InChI is InChI=1S/C8H15NO2/c1-5(2)8(11)9-6(3)7(4)10/h5-6H,1-4H3,(H,9,11)/t6-/m0/s1. The summed E-state index contributed by atoms with van der Waals surface area (Å²) in [5.74, 6) is -0.150. The topological polar surface area (TPSA) is 46.2 Å². The summed E-state index contributed by atoms with van der Waals surface area (Å²) >= 11 is 0. The zero-order valence-corrected chi connectivity index (χ0v) is 7.47. The molecule has 0 saturated heterocycles. The minimum atomic E-state index is -0.357. The maximum absolute atomic E-state index is 11.0. The van der Waals surface area contributed by atoms with Gasteiger partial charge in [0.15, 0.2) is 5.78 Å². The molecule has 0 spiro atoms. The molecule has 1 atom stereocenters. The van der Waals surface area contributed by atoms with Crippen LogP contribution in [0.25, 0.3) is 0 Å². The van der Waals surface area contributed by atoms with Crippen LogP contribution >= 0.6 is 0 Å². The Morgan fingerprint density at radius 1 is 1.18 bits per heavy atom. The number of Topliss-reactive ketones (excluding diaryl/α,β-unsaturated/α-hetero) is 1. The van der Waals surface area contributed by atoms with Crippen molar-refractivity contribution in [2.45, 2.75) is 33.7 Å². The highest BCUT2D eigenvalue weighted by Gasteiger charge is 2.12. The van der Waals surface area contributed by atoms with Gasteiger partial charge in [-0.2, -0.15) is 0 Å². The number of carbonyl (C=O) groups is 2. The highest BCUT2D eigenvalue weighted by atomic mass is 16.2. The van der Waals surface area contributed by atoms with Crippen LogP contribution in [-0.4, -0.2) is 17.7 Å². The molecule has 64 valence electrons. The van der Waals surface area contributed by atoms with Gasteiger partial charge in [-0.15, -0.1) is 0 Å². The summed E-state index contributed by atoms with van der Waals surface area (Å²) in [6.07, 6.45) is 0. The van der Waals surface area contributed by atoms with Crippen LogP contribution in [0, 0.1) is 5.92 Å². The van der Waals surface area contributed by atoms with Gasteiger partial charge in [0.1, 0.15) is 0 Å². The molecule has 1 amide bonds. The van der Waals surface area contributed by atoms with E-state index in [1.807, 2.05) is 0 Å². The monoisotopic (exact) mass is 157 g/mol. The van der Waals surface area contributed by atoms with Crippen molar-refractivity contribution in [2.24, 2.45) is 5.92 Å². The lowest BCUT2D eigenvalue weighted by molar-refractivity contribution is -0.128. The average molecular weight is 157 g/mol. The van der Waals surface area contributed by atoms with Crippen LogP contribution < -0.4 is 5.32 Å². The van der Waals surface area contributed by atoms with Crippen LogP contribution in [0.1, 0.15) is 27.7 Å². The molecule has 11 heavy (non-hydrogen) atoms. The molecule has 0 aromatic carbocycles. The Morgan fingerprint density at radius 3 is 1.91 bits per heavy atom. The molecule has 0 saturated carbocycles. The van der Waals surface area contributed by atoms with Gasteiger partial charge in [-0.3, -0.25) is 9.59 Å². The van der Waals surface area contributed by atoms with Crippen molar-refractivity contribution < 1.29 is 9.59 Å². The molecule has 0 radical (unpaired) electrons. The number of ketones is 1. The van der Waals surface area contributed by atoms with Gasteiger partial charge < -0.3 is 5.32 Å². The molecular formula is C8H15NO2. The Bertz CT molecular complexity index is 163. The Kier molecular flexibility index (Phi) is 3.79. The van der Waals surface area contributed by atoms with Gasteiger partial charge in [0, 0.05) is 5.92 Å². The summed E-state index contributed by atoms with van der Waals surface area (Å²) in [4.78, 5) is 21.7. The zero-order chi connectivity index (χ0) is 9.02. The number of carbonyl (C=O) groups excluding carboxylic acids is 2. The van der Waals surface area contributed by atoms with Crippen molar-refractivity contribution in [1.29, 1.82) is 0 Å². The first-order valence-electron chi connectivity index (χ1n) is 3.76. The third kappa shape index (κ3) is 3.75. The van der Waals surface area contributed by atoms with E-state index in [2.05, 4.69) is 5.32 Å². The van der Waals surface area contributed by atoms with Crippen LogP contribution in [0.2, 0.25) is 0 Å². The molecule has 0 aromatic rings. The van der Waals surface area contributed by atoms with Gasteiger partial charge in [-0.05, 0) is 13.8 Å². The Balaban J connectivity index is 3.85. The Hall–Kier alpha value is -0.860. The molecule has 0 heterocycles. The predicted octanol–water partition coefficient (Wildman–Crippen LogP) is 0.736. The van der Waals surface area contributed by atoms with Crippen LogP contribution in [-0.2, 0) is 9.59 Å². The van der Waals surface area contributed by atoms with Crippen LogP contribution in [0.5, 0.6) is 0 Å². The fraction of sp³-hybridized carbons (Fsp3) is 0.750. The lowest BCUT2D eigenvalue weighted by Gasteiger charge is -2.11. The summed E-state index contributed by atoms with van der Waals surface area (Å²) < 4.78 is 0. The fourth-order valence-corrected chi connectivity index (χ4v) is 0.482. The molecule has 3 nitrogen and oxygen atoms in total. The lowest BCUT2D eigenvalue weighted by atomic mass is 10.1. The molecule has 0 rings (SSSR count). The first-order valence-corrected chi connectivity index (χ1v) is 3.76. The van der Waals surface area contributed by atoms with E-state index in [-0.39, 0.29) is 23.7 Å². The number of hydrogen-bond donors (Lipinski definition) is 1. The van der Waals surface area contributed by atoms with E-state index in [0.717, 1.165) is 0 Å². The second-order valence-electron chi connectivity index (χ2n) is 3.00. The second kappa shape index (κ2) is 4.11. The van der Waals surface area contributed by atoms with Crippen molar-refractivity contribution in [3.05, 3.63) is 0 Å². The van der Waals surface area contributed by atoms with E-state index in [0.29, 0.717) is 0 Å². The summed E-state index contributed by atoms with van der Waals surface area (Å²) in [5.41, 5.74) is 0. The first-order chi connectivity index (χ1) is 4.95. The van der Waals surface area contributed by atoms with Gasteiger partial charge in [0.25, 0.3) is 0 Å². The maximum atomic E-state index is 11.0. The third-order valence-corrected chi connectivity index (χ3v) is 1.49. The van der Waals surface area contributed by atoms with Gasteiger partial charge in [0.2, 0.25) is 5.91 Å². The zero-order valence-electron chi connectivity index (χ0n) is 7.47. The fourth-order valence-electron chi connectivity index (χ4n) is 0.482. The third-order valence-electron chi connectivity index (χ3n) is 1.49. The molecule has 1 N–H and O–H groups in total. The smallest absolute Gasteiger partial charge is 0.223 e. The molecule has 0 unspecified atom stereocenters. The van der Waals surface area contributed by atoms with E-state index in [4.69, 9.17) is 0 Å². The lowest BCUT2D eigenvalue weighted by Crippen LogP contribution is -2.39. The van der Waals surface area contributed by atoms with Gasteiger partial charge in [-0.25, -0.2) is 0 Å². The average Bonchev–Trinajstić information content (AvgIpc) is 1.87. The number of rotatable bonds is 3. The molecule has 0 aliphatic heterocycles. The molecule has 0 fully saturated rings. The van der Waals surface area contributed by atoms with Crippen LogP contribution in [0.15, 0.2) is 0 Å². The van der Waals surface area contributed by atoms with Gasteiger partial charge in [0.05, 0.1) is 6.04 Å². The van der Waals surface area contributed by atoms with Crippen molar-refractivity contribution in [3.8, 4) is 0 Å². The van der Waals surface area contributed by atoms with E-state index >= 15 is 0 Å². The molecule has 0 aliphatic carbocycles. The Morgan fingerprint density at radius 2 is 1.64 bits per heavy atom. The minimum absolute atomic E-state index is 0.0148. The normalized spacial score (nSPS) is 12.8. The first kappa shape index (κ1) is 10.1. The van der Waals surface area contributed by atoms with Crippen LogP contribution in [0.3, 0.4) is 0 Å². The minimum Gasteiger partial charge on any atom is -0.346 e. The highest BCUT2D eigenvalue weighted by Crippen LogP contribution is 1.93. The van der Waals surface area contributed by atoms with Gasteiger partial charge >= 0.3 is 0 Å². The summed E-state index contributed by atoms with van der Waals surface area (Å²) in [6.45, 7) is 6.73. The van der Waals surface area contributed by atoms with Gasteiger partial charge in [-0.1, -0.05) is 13.8 Å². The van der Waals surface area contributed by atoms with Crippen molar-refractivity contribution in [1.82, 2.24) is 5.32 Å². The van der Waals surface area contributed by atoms with E-state index in [1.54, 1.807) is 20.8 Å². The summed E-state index contributed by atoms with van der Waals surface area (Å²) in [7, 11) is 0. The van der Waals surface area contributed by atoms with Crippen molar-refractivity contribution >= 4 is 11.7 Å². The van der Waals surface area contributed by atoms with Crippen molar-refractivity contribution in [3.63, 3.8) is 0 Å². The summed E-state index contributed by atoms with van der Waals surface area (Å²) in [6, 6.07) is -0.357. The molecule has 0 bridgehead atoms. The van der Waals surface area contributed by atoms with E-state index in [9.17, 15) is 9.59 Å². The molecule has 0 aromatic heterocycles. The SMILES string of the molecule is CC(=O)[C@H](C)NC(=O)C(C)C. The molecule has 3 heteroatoms. The summed E-state index contributed by atoms with van der Waals surface area (Å²) in [5, 5.41) is 2.59. The highest BCUT2D eigenvalue weighted by molar-refractivity contribution is 5.87. The van der Waals surface area contributed by atoms with E-state index in [1.165, 1.54) is 6.92 Å². The predicted molar refractivity (Wildman–Crippen MR) is 43.1 cm³/mol. The second-order valence-corrected chi connectivity index (χ2v) is 3.00. The number of amides is 1. The number of hydrogen-bond acceptors (Lipinski definition) is 2. The largest absolute Gasteiger partial charge is 0.346 e. The molecule has 0 aliphatic rings.